The van der Waals surface area contributed by atoms with E-state index in [1.807, 2.05) is 18.2 Å². The fourth-order valence-corrected chi connectivity index (χ4v) is 2.74. The van der Waals surface area contributed by atoms with Crippen molar-refractivity contribution in [3.8, 4) is 24.2 Å². The van der Waals surface area contributed by atoms with Gasteiger partial charge in [-0.25, -0.2) is 0 Å². The predicted molar refractivity (Wildman–Crippen MR) is 96.5 cm³/mol. The molecule has 0 amide bonds. The average Bonchev–Trinajstić information content (AvgIpc) is 2.39. The van der Waals surface area contributed by atoms with Gasteiger partial charge in [-0.1, -0.05) is 51.7 Å². The lowest BCUT2D eigenvalue weighted by Gasteiger charge is -2.38. The standard InChI is InChI=1S/C19H30OSi/c1-8-10-11-12-13-14-15-16-17-18(9-2)20-21(6,7)19(3,4)5/h1,11-12,16-18H,9-10,13H2,2-7H3/b12-11-,17-16+/t18-/m1/s1. The third kappa shape index (κ3) is 8.61. The molecule has 116 valence electrons. The number of hydrogen-bond acceptors (Lipinski definition) is 1. The second-order valence-corrected chi connectivity index (χ2v) is 11.3. The first kappa shape index (κ1) is 19.8. The molecule has 0 N–H and O–H groups in total. The van der Waals surface area contributed by atoms with Gasteiger partial charge in [-0.15, -0.1) is 12.3 Å². The molecule has 1 nitrogen and oxygen atoms in total. The summed E-state index contributed by atoms with van der Waals surface area (Å²) in [6.07, 6.45) is 15.7. The monoisotopic (exact) mass is 302 g/mol. The van der Waals surface area contributed by atoms with Gasteiger partial charge in [0.2, 0.25) is 0 Å². The van der Waals surface area contributed by atoms with Gasteiger partial charge >= 0.3 is 0 Å². The van der Waals surface area contributed by atoms with Gasteiger partial charge in [-0.3, -0.25) is 0 Å². The molecule has 0 bridgehead atoms. The van der Waals surface area contributed by atoms with Crippen molar-refractivity contribution < 1.29 is 4.43 Å². The van der Waals surface area contributed by atoms with Crippen LogP contribution in [-0.2, 0) is 4.43 Å². The quantitative estimate of drug-likeness (QED) is 0.367. The highest BCUT2D eigenvalue weighted by Gasteiger charge is 2.38. The van der Waals surface area contributed by atoms with Crippen molar-refractivity contribution >= 4 is 8.32 Å². The Labute approximate surface area is 133 Å². The van der Waals surface area contributed by atoms with Gasteiger partial charge in [0.1, 0.15) is 0 Å². The molecule has 2 heteroatoms. The number of rotatable bonds is 6. The molecule has 0 heterocycles. The molecular formula is C19H30OSi. The molecular weight excluding hydrogens is 272 g/mol. The van der Waals surface area contributed by atoms with Crippen molar-refractivity contribution in [3.05, 3.63) is 24.3 Å². The van der Waals surface area contributed by atoms with Crippen molar-refractivity contribution in [1.82, 2.24) is 0 Å². The highest BCUT2D eigenvalue weighted by molar-refractivity contribution is 6.74. The Morgan fingerprint density at radius 2 is 1.81 bits per heavy atom. The summed E-state index contributed by atoms with van der Waals surface area (Å²) in [5.41, 5.74) is 0. The summed E-state index contributed by atoms with van der Waals surface area (Å²) < 4.78 is 6.36. The van der Waals surface area contributed by atoms with E-state index in [2.05, 4.69) is 64.6 Å². The van der Waals surface area contributed by atoms with E-state index in [0.717, 1.165) is 12.8 Å². The molecule has 0 aromatic heterocycles. The summed E-state index contributed by atoms with van der Waals surface area (Å²) in [5.74, 6) is 8.70. The van der Waals surface area contributed by atoms with Crippen LogP contribution in [-0.4, -0.2) is 14.4 Å². The first-order valence-electron chi connectivity index (χ1n) is 7.66. The Bertz CT molecular complexity index is 447. The van der Waals surface area contributed by atoms with E-state index in [-0.39, 0.29) is 11.1 Å². The molecule has 0 saturated heterocycles. The van der Waals surface area contributed by atoms with Crippen LogP contribution in [0, 0.1) is 24.2 Å². The fraction of sp³-hybridized carbons (Fsp3) is 0.579. The van der Waals surface area contributed by atoms with E-state index in [0.29, 0.717) is 6.42 Å². The molecule has 0 saturated carbocycles. The number of terminal acetylenes is 1. The van der Waals surface area contributed by atoms with Crippen LogP contribution in [0.4, 0.5) is 0 Å². The van der Waals surface area contributed by atoms with Gasteiger partial charge in [-0.2, -0.15) is 0 Å². The molecule has 0 aromatic rings. The lowest BCUT2D eigenvalue weighted by Crippen LogP contribution is -2.43. The summed E-state index contributed by atoms with van der Waals surface area (Å²) in [6, 6.07) is 0. The Balaban J connectivity index is 4.43. The minimum absolute atomic E-state index is 0.164. The van der Waals surface area contributed by atoms with E-state index in [1.165, 1.54) is 0 Å². The highest BCUT2D eigenvalue weighted by Crippen LogP contribution is 2.37. The van der Waals surface area contributed by atoms with Crippen LogP contribution < -0.4 is 0 Å². The van der Waals surface area contributed by atoms with Crippen LogP contribution in [0.15, 0.2) is 24.3 Å². The normalized spacial score (nSPS) is 14.0. The molecule has 0 aliphatic carbocycles. The summed E-state index contributed by atoms with van der Waals surface area (Å²) in [5, 5.41) is 0.238. The third-order valence-corrected chi connectivity index (χ3v) is 8.28. The third-order valence-electron chi connectivity index (χ3n) is 3.77. The Morgan fingerprint density at radius 1 is 1.19 bits per heavy atom. The summed E-state index contributed by atoms with van der Waals surface area (Å²) in [6.45, 7) is 13.5. The zero-order chi connectivity index (χ0) is 16.4. The first-order valence-corrected chi connectivity index (χ1v) is 10.6. The lowest BCUT2D eigenvalue weighted by atomic mass is 10.2. The fourth-order valence-electron chi connectivity index (χ4n) is 1.38. The molecule has 0 unspecified atom stereocenters. The summed E-state index contributed by atoms with van der Waals surface area (Å²) in [4.78, 5) is 0. The molecule has 0 fully saturated rings. The number of allylic oxidation sites excluding steroid dienone is 3. The molecule has 0 aliphatic heterocycles. The lowest BCUT2D eigenvalue weighted by molar-refractivity contribution is 0.221. The minimum Gasteiger partial charge on any atom is -0.411 e. The second-order valence-electron chi connectivity index (χ2n) is 6.59. The van der Waals surface area contributed by atoms with Crippen molar-refractivity contribution in [1.29, 1.82) is 0 Å². The van der Waals surface area contributed by atoms with Gasteiger partial charge in [0, 0.05) is 12.8 Å². The molecule has 0 radical (unpaired) electrons. The largest absolute Gasteiger partial charge is 0.411 e. The highest BCUT2D eigenvalue weighted by atomic mass is 28.4. The second kappa shape index (κ2) is 9.67. The van der Waals surface area contributed by atoms with E-state index in [1.54, 1.807) is 0 Å². The number of hydrogen-bond donors (Lipinski definition) is 0. The summed E-state index contributed by atoms with van der Waals surface area (Å²) in [7, 11) is -1.71. The van der Waals surface area contributed by atoms with Crippen molar-refractivity contribution in [2.24, 2.45) is 0 Å². The Kier molecular flexibility index (Phi) is 9.10. The van der Waals surface area contributed by atoms with Crippen LogP contribution in [0.5, 0.6) is 0 Å². The van der Waals surface area contributed by atoms with Gasteiger partial charge in [0.15, 0.2) is 8.32 Å². The smallest absolute Gasteiger partial charge is 0.192 e. The van der Waals surface area contributed by atoms with Crippen LogP contribution in [0.2, 0.25) is 18.1 Å². The Hall–Kier alpha value is -1.22. The SMILES string of the molecule is C#CC/C=C\CC#C/C=C/[C@@H](CC)O[Si](C)(C)C(C)(C)C. The van der Waals surface area contributed by atoms with E-state index < -0.39 is 8.32 Å². The van der Waals surface area contributed by atoms with Crippen molar-refractivity contribution in [3.63, 3.8) is 0 Å². The van der Waals surface area contributed by atoms with Gasteiger partial charge in [0.25, 0.3) is 0 Å². The van der Waals surface area contributed by atoms with E-state index >= 15 is 0 Å². The average molecular weight is 303 g/mol. The van der Waals surface area contributed by atoms with E-state index in [9.17, 15) is 0 Å². The van der Waals surface area contributed by atoms with Crippen LogP contribution in [0.3, 0.4) is 0 Å². The topological polar surface area (TPSA) is 9.23 Å². The predicted octanol–water partition coefficient (Wildman–Crippen LogP) is 5.32. The van der Waals surface area contributed by atoms with Crippen molar-refractivity contribution in [2.45, 2.75) is 71.2 Å². The molecule has 0 rings (SSSR count). The van der Waals surface area contributed by atoms with Gasteiger partial charge in [-0.05, 0) is 36.7 Å². The van der Waals surface area contributed by atoms with E-state index in [4.69, 9.17) is 10.8 Å². The molecule has 0 aliphatic rings. The zero-order valence-corrected chi connectivity index (χ0v) is 15.5. The zero-order valence-electron chi connectivity index (χ0n) is 14.5. The summed E-state index contributed by atoms with van der Waals surface area (Å²) >= 11 is 0. The Morgan fingerprint density at radius 3 is 2.33 bits per heavy atom. The minimum atomic E-state index is -1.71. The van der Waals surface area contributed by atoms with Crippen LogP contribution in [0.1, 0.15) is 47.0 Å². The molecule has 1 atom stereocenters. The maximum atomic E-state index is 6.36. The van der Waals surface area contributed by atoms with Gasteiger partial charge < -0.3 is 4.43 Å². The van der Waals surface area contributed by atoms with Crippen molar-refractivity contribution in [2.75, 3.05) is 0 Å². The first-order chi connectivity index (χ1) is 9.74. The maximum Gasteiger partial charge on any atom is 0.192 e. The van der Waals surface area contributed by atoms with Gasteiger partial charge in [0.05, 0.1) is 6.10 Å². The molecule has 0 aromatic carbocycles. The maximum absolute atomic E-state index is 6.36. The molecule has 0 spiro atoms. The molecule has 21 heavy (non-hydrogen) atoms. The van der Waals surface area contributed by atoms with Crippen LogP contribution >= 0.6 is 0 Å². The van der Waals surface area contributed by atoms with Crippen LogP contribution in [0.25, 0.3) is 0 Å².